The van der Waals surface area contributed by atoms with Crippen LogP contribution in [0, 0.1) is 0 Å². The number of aryl methyl sites for hydroxylation is 1. The molecule has 0 aliphatic heterocycles. The maximum absolute atomic E-state index is 12.4. The normalized spacial score (nSPS) is 12.0. The van der Waals surface area contributed by atoms with Gasteiger partial charge in [-0.2, -0.15) is 0 Å². The summed E-state index contributed by atoms with van der Waals surface area (Å²) < 4.78 is 10.8. The van der Waals surface area contributed by atoms with Gasteiger partial charge in [0, 0.05) is 41.0 Å². The van der Waals surface area contributed by atoms with Crippen LogP contribution in [0.5, 0.6) is 5.75 Å². The number of hydrogen-bond donors (Lipinski definition) is 2. The van der Waals surface area contributed by atoms with E-state index in [-0.39, 0.29) is 6.42 Å². The molecule has 2 aromatic heterocycles. The van der Waals surface area contributed by atoms with Crippen molar-refractivity contribution < 1.29 is 23.8 Å². The van der Waals surface area contributed by atoms with Gasteiger partial charge in [-0.25, -0.2) is 4.79 Å². The van der Waals surface area contributed by atoms with Crippen LogP contribution in [0.3, 0.4) is 0 Å². The average molecular weight is 461 g/mol. The Bertz CT molecular complexity index is 1390. The molecule has 2 heterocycles. The number of rotatable bonds is 10. The lowest BCUT2D eigenvalue weighted by Crippen LogP contribution is -2.50. The first-order valence-electron chi connectivity index (χ1n) is 11.2. The molecule has 4 aromatic rings. The highest BCUT2D eigenvalue weighted by Gasteiger charge is 2.17. The van der Waals surface area contributed by atoms with Gasteiger partial charge in [0.1, 0.15) is 11.3 Å². The van der Waals surface area contributed by atoms with E-state index >= 15 is 0 Å². The van der Waals surface area contributed by atoms with E-state index < -0.39 is 30.2 Å². The number of aliphatic carboxylic acids is 1. The van der Waals surface area contributed by atoms with Crippen LogP contribution < -0.4 is 20.8 Å². The van der Waals surface area contributed by atoms with Crippen LogP contribution in [0.15, 0.2) is 63.9 Å². The largest absolute Gasteiger partial charge is 0.548 e. The fraction of sp³-hybridized carbons (Fsp3) is 0.269. The Balaban J connectivity index is 1.42. The summed E-state index contributed by atoms with van der Waals surface area (Å²) in [5, 5.41) is 15.8. The molecule has 4 rings (SSSR count). The molecule has 0 saturated carbocycles. The van der Waals surface area contributed by atoms with Gasteiger partial charge in [-0.15, -0.1) is 0 Å². The third-order valence-corrected chi connectivity index (χ3v) is 5.69. The monoisotopic (exact) mass is 461 g/mol. The summed E-state index contributed by atoms with van der Waals surface area (Å²) in [7, 11) is 0. The minimum atomic E-state index is -1.38. The molecule has 0 aliphatic carbocycles. The van der Waals surface area contributed by atoms with Crippen LogP contribution in [0.1, 0.15) is 30.9 Å². The Morgan fingerprint density at radius 2 is 1.94 bits per heavy atom. The third-order valence-electron chi connectivity index (χ3n) is 5.69. The minimum Gasteiger partial charge on any atom is -0.548 e. The van der Waals surface area contributed by atoms with E-state index in [1.54, 1.807) is 24.4 Å². The summed E-state index contributed by atoms with van der Waals surface area (Å²) in [5.74, 6) is -1.65. The van der Waals surface area contributed by atoms with Crippen molar-refractivity contribution in [3.05, 3.63) is 76.3 Å². The number of carboxylic acids is 1. The highest BCUT2D eigenvalue weighted by Crippen LogP contribution is 2.24. The molecule has 0 radical (unpaired) electrons. The second-order valence-electron chi connectivity index (χ2n) is 8.14. The quantitative estimate of drug-likeness (QED) is 0.350. The topological polar surface area (TPSA) is 124 Å². The molecule has 0 spiro atoms. The van der Waals surface area contributed by atoms with E-state index in [4.69, 9.17) is 9.15 Å². The number of carboxylic acid groups (broad SMARTS) is 1. The van der Waals surface area contributed by atoms with Crippen LogP contribution >= 0.6 is 0 Å². The van der Waals surface area contributed by atoms with Gasteiger partial charge in [0.15, 0.2) is 6.61 Å². The number of carbonyl (C=O) groups is 2. The Hall–Kier alpha value is -4.07. The molecule has 0 fully saturated rings. The van der Waals surface area contributed by atoms with E-state index in [1.165, 1.54) is 6.07 Å². The molecule has 34 heavy (non-hydrogen) atoms. The van der Waals surface area contributed by atoms with Crippen LogP contribution in [0.4, 0.5) is 0 Å². The van der Waals surface area contributed by atoms with E-state index in [1.807, 2.05) is 24.3 Å². The molecule has 2 N–H and O–H groups in total. The Kier molecular flexibility index (Phi) is 6.96. The number of amides is 1. The molecule has 8 nitrogen and oxygen atoms in total. The minimum absolute atomic E-state index is 0.0692. The van der Waals surface area contributed by atoms with Gasteiger partial charge in [-0.1, -0.05) is 31.5 Å². The van der Waals surface area contributed by atoms with Gasteiger partial charge in [0.2, 0.25) is 0 Å². The van der Waals surface area contributed by atoms with Gasteiger partial charge < -0.3 is 29.4 Å². The Labute approximate surface area is 195 Å². The van der Waals surface area contributed by atoms with Crippen molar-refractivity contribution in [3.8, 4) is 5.75 Å². The van der Waals surface area contributed by atoms with Crippen molar-refractivity contribution in [1.29, 1.82) is 0 Å². The summed E-state index contributed by atoms with van der Waals surface area (Å²) in [6, 6.07) is 12.8. The van der Waals surface area contributed by atoms with Crippen molar-refractivity contribution in [3.63, 3.8) is 0 Å². The zero-order chi connectivity index (χ0) is 24.1. The summed E-state index contributed by atoms with van der Waals surface area (Å²) >= 11 is 0. The average Bonchev–Trinajstić information content (AvgIpc) is 3.23. The zero-order valence-corrected chi connectivity index (χ0v) is 18.8. The molecule has 0 unspecified atom stereocenters. The molecule has 8 heteroatoms. The number of unbranched alkanes of at least 4 members (excludes halogenated alkanes) is 1. The first-order valence-corrected chi connectivity index (χ1v) is 11.2. The standard InChI is InChI=1S/C26H26N2O6/c1-2-3-6-16-12-25(30)34-23-13-18(9-10-20(16)23)33-15-24(29)28-22(26(31)32)11-17-14-27-21-8-5-4-7-19(17)21/h4-5,7-10,12-14,22,27H,2-3,6,11,15H2,1H3,(H,28,29)(H,31,32)/p-1/t22-/m0/s1. The molecule has 0 aliphatic rings. The molecule has 176 valence electrons. The van der Waals surface area contributed by atoms with Crippen molar-refractivity contribution in [2.75, 3.05) is 6.61 Å². The van der Waals surface area contributed by atoms with Gasteiger partial charge in [0.25, 0.3) is 5.91 Å². The summed E-state index contributed by atoms with van der Waals surface area (Å²) in [5.41, 5.74) is 2.48. The van der Waals surface area contributed by atoms with E-state index in [0.29, 0.717) is 11.3 Å². The van der Waals surface area contributed by atoms with Crippen molar-refractivity contribution >= 4 is 33.7 Å². The molecule has 1 amide bonds. The second kappa shape index (κ2) is 10.2. The van der Waals surface area contributed by atoms with Crippen LogP contribution in [0.25, 0.3) is 21.9 Å². The van der Waals surface area contributed by atoms with E-state index in [9.17, 15) is 19.5 Å². The van der Waals surface area contributed by atoms with E-state index in [2.05, 4.69) is 17.2 Å². The van der Waals surface area contributed by atoms with Crippen LogP contribution in [-0.2, 0) is 22.4 Å². The lowest BCUT2D eigenvalue weighted by atomic mass is 10.0. The van der Waals surface area contributed by atoms with Gasteiger partial charge >= 0.3 is 5.63 Å². The number of fused-ring (bicyclic) bond motifs is 2. The number of aromatic nitrogens is 1. The smallest absolute Gasteiger partial charge is 0.336 e. The first kappa shape index (κ1) is 23.1. The molecule has 0 saturated heterocycles. The lowest BCUT2D eigenvalue weighted by Gasteiger charge is -2.19. The SMILES string of the molecule is CCCCc1cc(=O)oc2cc(OCC(=O)N[C@@H](Cc3c[nH]c4ccccc34)C(=O)[O-])ccc12. The fourth-order valence-corrected chi connectivity index (χ4v) is 3.97. The highest BCUT2D eigenvalue weighted by molar-refractivity contribution is 5.87. The number of carbonyl (C=O) groups excluding carboxylic acids is 2. The lowest BCUT2D eigenvalue weighted by molar-refractivity contribution is -0.308. The molecular formula is C26H25N2O6-. The molecule has 1 atom stereocenters. The third kappa shape index (κ3) is 5.28. The Morgan fingerprint density at radius 1 is 1.12 bits per heavy atom. The fourth-order valence-electron chi connectivity index (χ4n) is 3.97. The predicted molar refractivity (Wildman–Crippen MR) is 126 cm³/mol. The molecule has 2 aromatic carbocycles. The summed E-state index contributed by atoms with van der Waals surface area (Å²) in [4.78, 5) is 39.0. The summed E-state index contributed by atoms with van der Waals surface area (Å²) in [6.07, 6.45) is 4.52. The highest BCUT2D eigenvalue weighted by atomic mass is 16.5. The zero-order valence-electron chi connectivity index (χ0n) is 18.8. The van der Waals surface area contributed by atoms with Gasteiger partial charge in [-0.3, -0.25) is 4.79 Å². The van der Waals surface area contributed by atoms with Gasteiger partial charge in [-0.05, 0) is 42.2 Å². The van der Waals surface area contributed by atoms with Gasteiger partial charge in [0.05, 0.1) is 12.0 Å². The van der Waals surface area contributed by atoms with Crippen molar-refractivity contribution in [2.24, 2.45) is 0 Å². The predicted octanol–water partition coefficient (Wildman–Crippen LogP) is 2.47. The number of hydrogen-bond acceptors (Lipinski definition) is 6. The molecular weight excluding hydrogens is 436 g/mol. The number of H-pyrrole nitrogens is 1. The summed E-state index contributed by atoms with van der Waals surface area (Å²) in [6.45, 7) is 1.68. The first-order chi connectivity index (χ1) is 16.4. The number of para-hydroxylation sites is 1. The van der Waals surface area contributed by atoms with E-state index in [0.717, 1.165) is 46.7 Å². The number of benzene rings is 2. The Morgan fingerprint density at radius 3 is 2.74 bits per heavy atom. The number of aromatic amines is 1. The van der Waals surface area contributed by atoms with Crippen molar-refractivity contribution in [1.82, 2.24) is 10.3 Å². The maximum atomic E-state index is 12.4. The number of nitrogens with one attached hydrogen (secondary N) is 2. The van der Waals surface area contributed by atoms with Crippen LogP contribution in [-0.4, -0.2) is 29.5 Å². The maximum Gasteiger partial charge on any atom is 0.336 e. The second-order valence-corrected chi connectivity index (χ2v) is 8.14. The molecule has 0 bridgehead atoms. The number of ether oxygens (including phenoxy) is 1. The van der Waals surface area contributed by atoms with Crippen molar-refractivity contribution in [2.45, 2.75) is 38.6 Å². The van der Waals surface area contributed by atoms with Crippen LogP contribution in [0.2, 0.25) is 0 Å².